The molecule has 0 aliphatic carbocycles. The lowest BCUT2D eigenvalue weighted by atomic mass is 9.83. The quantitative estimate of drug-likeness (QED) is 0.880. The average molecular weight is 321 g/mol. The van der Waals surface area contributed by atoms with E-state index in [-0.39, 0.29) is 12.4 Å². The first-order valence-electron chi connectivity index (χ1n) is 6.20. The average Bonchev–Trinajstić information content (AvgIpc) is 2.36. The third-order valence-electron chi connectivity index (χ3n) is 3.29. The van der Waals surface area contributed by atoms with E-state index in [1.807, 2.05) is 0 Å². The van der Waals surface area contributed by atoms with Crippen molar-refractivity contribution in [2.75, 3.05) is 25.6 Å². The summed E-state index contributed by atoms with van der Waals surface area (Å²) in [4.78, 5) is 3.92. The van der Waals surface area contributed by atoms with Gasteiger partial charge in [0.1, 0.15) is 5.75 Å². The van der Waals surface area contributed by atoms with Gasteiger partial charge in [-0.2, -0.15) is 0 Å². The Morgan fingerprint density at radius 3 is 2.70 bits per heavy atom. The number of nitrogens with two attached hydrogens (primary N) is 1. The van der Waals surface area contributed by atoms with Crippen LogP contribution in [-0.4, -0.2) is 39.0 Å². The molecular formula is C12H17ClN2O4S. The Labute approximate surface area is 123 Å². The van der Waals surface area contributed by atoms with Crippen molar-refractivity contribution in [1.82, 2.24) is 4.98 Å². The van der Waals surface area contributed by atoms with Gasteiger partial charge in [-0.3, -0.25) is 4.98 Å². The number of rotatable bonds is 5. The molecular weight excluding hydrogens is 304 g/mol. The SMILES string of the molecule is NS(=O)(=O)CC1(COc2cncc(Cl)c2)CCOCC1. The number of aromatic nitrogens is 1. The van der Waals surface area contributed by atoms with Crippen LogP contribution in [0.1, 0.15) is 12.8 Å². The number of primary sulfonamides is 1. The van der Waals surface area contributed by atoms with Gasteiger partial charge in [0.05, 0.1) is 23.6 Å². The smallest absolute Gasteiger partial charge is 0.209 e. The summed E-state index contributed by atoms with van der Waals surface area (Å²) in [7, 11) is -3.57. The van der Waals surface area contributed by atoms with Crippen LogP contribution in [0.15, 0.2) is 18.5 Å². The summed E-state index contributed by atoms with van der Waals surface area (Å²) in [5, 5.41) is 5.65. The molecule has 0 atom stereocenters. The molecule has 112 valence electrons. The number of nitrogens with zero attached hydrogens (tertiary/aromatic N) is 1. The lowest BCUT2D eigenvalue weighted by Gasteiger charge is -2.35. The number of sulfonamides is 1. The van der Waals surface area contributed by atoms with E-state index in [0.717, 1.165) is 0 Å². The van der Waals surface area contributed by atoms with Crippen molar-refractivity contribution in [3.05, 3.63) is 23.5 Å². The molecule has 20 heavy (non-hydrogen) atoms. The Hall–Kier alpha value is -0.890. The lowest BCUT2D eigenvalue weighted by molar-refractivity contribution is 0.00203. The summed E-state index contributed by atoms with van der Waals surface area (Å²) in [6.07, 6.45) is 4.23. The van der Waals surface area contributed by atoms with Gasteiger partial charge in [-0.05, 0) is 12.8 Å². The van der Waals surface area contributed by atoms with E-state index in [2.05, 4.69) is 4.98 Å². The van der Waals surface area contributed by atoms with E-state index in [0.29, 0.717) is 36.8 Å². The predicted molar refractivity (Wildman–Crippen MR) is 75.2 cm³/mol. The number of hydrogen-bond donors (Lipinski definition) is 1. The molecule has 6 nitrogen and oxygen atoms in total. The van der Waals surface area contributed by atoms with Crippen molar-refractivity contribution >= 4 is 21.6 Å². The third-order valence-corrected chi connectivity index (χ3v) is 4.51. The molecule has 1 fully saturated rings. The van der Waals surface area contributed by atoms with Crippen molar-refractivity contribution < 1.29 is 17.9 Å². The van der Waals surface area contributed by atoms with Crippen LogP contribution in [0.5, 0.6) is 5.75 Å². The van der Waals surface area contributed by atoms with Crippen molar-refractivity contribution in [3.63, 3.8) is 0 Å². The van der Waals surface area contributed by atoms with E-state index in [1.54, 1.807) is 6.07 Å². The molecule has 8 heteroatoms. The van der Waals surface area contributed by atoms with E-state index < -0.39 is 15.4 Å². The lowest BCUT2D eigenvalue weighted by Crippen LogP contribution is -2.42. The van der Waals surface area contributed by atoms with Crippen LogP contribution >= 0.6 is 11.6 Å². The van der Waals surface area contributed by atoms with Crippen molar-refractivity contribution in [2.45, 2.75) is 12.8 Å². The van der Waals surface area contributed by atoms with Gasteiger partial charge in [0.2, 0.25) is 10.0 Å². The van der Waals surface area contributed by atoms with E-state index in [9.17, 15) is 8.42 Å². The maximum Gasteiger partial charge on any atom is 0.209 e. The van der Waals surface area contributed by atoms with E-state index in [4.69, 9.17) is 26.2 Å². The highest BCUT2D eigenvalue weighted by atomic mass is 35.5. The largest absolute Gasteiger partial charge is 0.491 e. The van der Waals surface area contributed by atoms with Gasteiger partial charge in [0.25, 0.3) is 0 Å². The van der Waals surface area contributed by atoms with Crippen molar-refractivity contribution in [2.24, 2.45) is 10.6 Å². The normalized spacial score (nSPS) is 18.7. The van der Waals surface area contributed by atoms with Gasteiger partial charge in [-0.1, -0.05) is 11.6 Å². The molecule has 0 spiro atoms. The molecule has 1 aromatic heterocycles. The zero-order valence-corrected chi connectivity index (χ0v) is 12.5. The summed E-state index contributed by atoms with van der Waals surface area (Å²) in [5.41, 5.74) is -0.520. The minimum absolute atomic E-state index is 0.114. The van der Waals surface area contributed by atoms with E-state index in [1.165, 1.54) is 12.4 Å². The van der Waals surface area contributed by atoms with Crippen molar-refractivity contribution in [1.29, 1.82) is 0 Å². The van der Waals surface area contributed by atoms with Crippen LogP contribution < -0.4 is 9.88 Å². The summed E-state index contributed by atoms with van der Waals surface area (Å²) >= 11 is 5.83. The molecule has 0 amide bonds. The van der Waals surface area contributed by atoms with Crippen LogP contribution in [0.4, 0.5) is 0 Å². The maximum absolute atomic E-state index is 11.4. The van der Waals surface area contributed by atoms with Gasteiger partial charge in [-0.25, -0.2) is 13.6 Å². The fourth-order valence-electron chi connectivity index (χ4n) is 2.27. The van der Waals surface area contributed by atoms with Gasteiger partial charge < -0.3 is 9.47 Å². The fraction of sp³-hybridized carbons (Fsp3) is 0.583. The van der Waals surface area contributed by atoms with Crippen molar-refractivity contribution in [3.8, 4) is 5.75 Å². The monoisotopic (exact) mass is 320 g/mol. The summed E-state index contributed by atoms with van der Waals surface area (Å²) in [6.45, 7) is 1.26. The summed E-state index contributed by atoms with van der Waals surface area (Å²) in [6, 6.07) is 1.64. The number of pyridine rings is 1. The molecule has 1 aliphatic heterocycles. The van der Waals surface area contributed by atoms with Gasteiger partial charge in [0.15, 0.2) is 0 Å². The minimum Gasteiger partial charge on any atom is -0.491 e. The second-order valence-corrected chi connectivity index (χ2v) is 7.10. The zero-order chi connectivity index (χ0) is 14.6. The highest BCUT2D eigenvalue weighted by molar-refractivity contribution is 7.89. The molecule has 1 aliphatic rings. The first kappa shape index (κ1) is 15.5. The molecule has 2 N–H and O–H groups in total. The van der Waals surface area contributed by atoms with Crippen LogP contribution in [0.2, 0.25) is 5.02 Å². The molecule has 1 saturated heterocycles. The molecule has 0 radical (unpaired) electrons. The second kappa shape index (κ2) is 6.26. The first-order valence-corrected chi connectivity index (χ1v) is 8.30. The number of halogens is 1. The van der Waals surface area contributed by atoms with E-state index >= 15 is 0 Å². The Morgan fingerprint density at radius 1 is 1.40 bits per heavy atom. The van der Waals surface area contributed by atoms with Crippen LogP contribution in [0.3, 0.4) is 0 Å². The molecule has 0 saturated carbocycles. The predicted octanol–water partition coefficient (Wildman–Crippen LogP) is 1.20. The molecule has 1 aromatic rings. The molecule has 2 rings (SSSR count). The minimum atomic E-state index is -3.57. The molecule has 0 bridgehead atoms. The van der Waals surface area contributed by atoms with Crippen LogP contribution in [0.25, 0.3) is 0 Å². The third kappa shape index (κ3) is 4.59. The summed E-state index contributed by atoms with van der Waals surface area (Å²) < 4.78 is 33.8. The Morgan fingerprint density at radius 2 is 2.10 bits per heavy atom. The Bertz CT molecular complexity index is 558. The van der Waals surface area contributed by atoms with Gasteiger partial charge >= 0.3 is 0 Å². The Balaban J connectivity index is 2.08. The fourth-order valence-corrected chi connectivity index (χ4v) is 3.66. The standard InChI is InChI=1S/C12H17ClN2O4S/c13-10-5-11(7-15-6-10)19-8-12(9-20(14,16)17)1-3-18-4-2-12/h5-7H,1-4,8-9H2,(H2,14,16,17). The number of hydrogen-bond acceptors (Lipinski definition) is 5. The van der Waals surface area contributed by atoms with Crippen LogP contribution in [-0.2, 0) is 14.8 Å². The number of ether oxygens (including phenoxy) is 2. The topological polar surface area (TPSA) is 91.5 Å². The second-order valence-electron chi connectivity index (χ2n) is 5.05. The highest BCUT2D eigenvalue weighted by Crippen LogP contribution is 2.32. The zero-order valence-electron chi connectivity index (χ0n) is 10.9. The van der Waals surface area contributed by atoms with Gasteiger partial charge in [0, 0.05) is 30.9 Å². The van der Waals surface area contributed by atoms with Gasteiger partial charge in [-0.15, -0.1) is 0 Å². The molecule has 0 unspecified atom stereocenters. The summed E-state index contributed by atoms with van der Waals surface area (Å²) in [5.74, 6) is 0.398. The van der Waals surface area contributed by atoms with Crippen LogP contribution in [0, 0.1) is 5.41 Å². The maximum atomic E-state index is 11.4. The molecule has 2 heterocycles. The Kier molecular flexibility index (Phi) is 4.85. The highest BCUT2D eigenvalue weighted by Gasteiger charge is 2.37. The molecule has 0 aromatic carbocycles. The first-order chi connectivity index (χ1) is 9.39.